The highest BCUT2D eigenvalue weighted by molar-refractivity contribution is 5.82. The molecule has 1 amide bonds. The highest BCUT2D eigenvalue weighted by Crippen LogP contribution is 2.04. The van der Waals surface area contributed by atoms with Gasteiger partial charge in [-0.05, 0) is 25.9 Å². The first-order chi connectivity index (χ1) is 7.43. The van der Waals surface area contributed by atoms with Gasteiger partial charge in [0.1, 0.15) is 0 Å². The van der Waals surface area contributed by atoms with E-state index in [2.05, 4.69) is 29.8 Å². The van der Waals surface area contributed by atoms with E-state index in [-0.39, 0.29) is 18.0 Å². The van der Waals surface area contributed by atoms with Gasteiger partial charge in [0.05, 0.1) is 6.04 Å². The Hall–Kier alpha value is -0.610. The molecule has 0 aliphatic heterocycles. The minimum absolute atomic E-state index is 0.0893. The number of likely N-dealkylation sites (N-methyl/N-ethyl adjacent to an activating group) is 2. The predicted octanol–water partition coefficient (Wildman–Crippen LogP) is 0.591. The molecular formula is C12H27N3O. The Kier molecular flexibility index (Phi) is 7.34. The molecule has 0 spiro atoms. The smallest absolute Gasteiger partial charge is 0.237 e. The van der Waals surface area contributed by atoms with E-state index in [4.69, 9.17) is 0 Å². The number of carbonyl (C=O) groups excluding carboxylic acids is 1. The summed E-state index contributed by atoms with van der Waals surface area (Å²) in [6.07, 6.45) is 0. The zero-order valence-electron chi connectivity index (χ0n) is 11.4. The van der Waals surface area contributed by atoms with Crippen LogP contribution in [-0.2, 0) is 4.79 Å². The van der Waals surface area contributed by atoms with Crippen LogP contribution in [0.1, 0.15) is 27.7 Å². The molecular weight excluding hydrogens is 202 g/mol. The predicted molar refractivity (Wildman–Crippen MR) is 68.4 cm³/mol. The zero-order chi connectivity index (χ0) is 12.7. The van der Waals surface area contributed by atoms with E-state index in [1.54, 1.807) is 0 Å². The lowest BCUT2D eigenvalue weighted by Crippen LogP contribution is -2.52. The van der Waals surface area contributed by atoms with Gasteiger partial charge in [-0.3, -0.25) is 4.79 Å². The lowest BCUT2D eigenvalue weighted by molar-refractivity contribution is -0.125. The summed E-state index contributed by atoms with van der Waals surface area (Å²) in [5.74, 6) is 0.819. The quantitative estimate of drug-likeness (QED) is 0.599. The summed E-state index contributed by atoms with van der Waals surface area (Å²) >= 11 is 0. The standard InChI is InChI=1S/C12H27N3O/c1-8(2)10(7-13-5)15-12(16)11(14-6)9(3)4/h8-11,13-14H,7H2,1-6H3,(H,15,16)/t10?,11-/m0/s1. The molecule has 0 aromatic rings. The van der Waals surface area contributed by atoms with Crippen molar-refractivity contribution in [3.8, 4) is 0 Å². The van der Waals surface area contributed by atoms with Crippen LogP contribution in [-0.4, -0.2) is 38.6 Å². The molecule has 1 unspecified atom stereocenters. The van der Waals surface area contributed by atoms with Crippen molar-refractivity contribution in [2.75, 3.05) is 20.6 Å². The van der Waals surface area contributed by atoms with Crippen molar-refractivity contribution >= 4 is 5.91 Å². The molecule has 0 aliphatic carbocycles. The molecule has 4 nitrogen and oxygen atoms in total. The summed E-state index contributed by atoms with van der Waals surface area (Å²) in [7, 11) is 3.73. The average molecular weight is 229 g/mol. The molecule has 0 rings (SSSR count). The third kappa shape index (κ3) is 4.94. The Morgan fingerprint density at radius 2 is 1.62 bits per heavy atom. The maximum atomic E-state index is 12.0. The van der Waals surface area contributed by atoms with Gasteiger partial charge in [-0.15, -0.1) is 0 Å². The molecule has 0 saturated heterocycles. The van der Waals surface area contributed by atoms with E-state index in [1.165, 1.54) is 0 Å². The SMILES string of the molecule is CNCC(NC(=O)[C@@H](NC)C(C)C)C(C)C. The van der Waals surface area contributed by atoms with Crippen molar-refractivity contribution in [2.45, 2.75) is 39.8 Å². The molecule has 3 N–H and O–H groups in total. The topological polar surface area (TPSA) is 53.2 Å². The second kappa shape index (κ2) is 7.63. The molecule has 4 heteroatoms. The number of nitrogens with one attached hydrogen (secondary N) is 3. The molecule has 0 aromatic heterocycles. The van der Waals surface area contributed by atoms with Gasteiger partial charge in [0.25, 0.3) is 0 Å². The van der Waals surface area contributed by atoms with Crippen molar-refractivity contribution in [1.29, 1.82) is 0 Å². The van der Waals surface area contributed by atoms with Crippen molar-refractivity contribution in [3.05, 3.63) is 0 Å². The molecule has 2 atom stereocenters. The highest BCUT2D eigenvalue weighted by Gasteiger charge is 2.23. The lowest BCUT2D eigenvalue weighted by Gasteiger charge is -2.26. The number of carbonyl (C=O) groups is 1. The Balaban J connectivity index is 4.37. The largest absolute Gasteiger partial charge is 0.350 e. The van der Waals surface area contributed by atoms with Crippen LogP contribution in [0.3, 0.4) is 0 Å². The molecule has 16 heavy (non-hydrogen) atoms. The van der Waals surface area contributed by atoms with E-state index in [9.17, 15) is 4.79 Å². The van der Waals surface area contributed by atoms with Gasteiger partial charge in [0, 0.05) is 12.6 Å². The Morgan fingerprint density at radius 1 is 1.06 bits per heavy atom. The van der Waals surface area contributed by atoms with Gasteiger partial charge in [-0.25, -0.2) is 0 Å². The Labute approximate surface area is 99.6 Å². The van der Waals surface area contributed by atoms with E-state index < -0.39 is 0 Å². The van der Waals surface area contributed by atoms with Crippen LogP contribution in [0.25, 0.3) is 0 Å². The van der Waals surface area contributed by atoms with Crippen LogP contribution in [0, 0.1) is 11.8 Å². The molecule has 96 valence electrons. The summed E-state index contributed by atoms with van der Waals surface area (Å²) in [4.78, 5) is 12.0. The molecule has 0 aromatic carbocycles. The number of rotatable bonds is 7. The summed E-state index contributed by atoms with van der Waals surface area (Å²) in [5, 5.41) is 9.25. The maximum absolute atomic E-state index is 12.0. The molecule has 0 saturated carbocycles. The van der Waals surface area contributed by atoms with Crippen LogP contribution < -0.4 is 16.0 Å². The minimum Gasteiger partial charge on any atom is -0.350 e. The van der Waals surface area contributed by atoms with E-state index in [0.29, 0.717) is 11.8 Å². The van der Waals surface area contributed by atoms with Gasteiger partial charge in [-0.2, -0.15) is 0 Å². The number of hydrogen-bond acceptors (Lipinski definition) is 3. The first-order valence-corrected chi connectivity index (χ1v) is 6.06. The fourth-order valence-electron chi connectivity index (χ4n) is 1.71. The molecule has 0 radical (unpaired) electrons. The second-order valence-corrected chi connectivity index (χ2v) is 4.93. The maximum Gasteiger partial charge on any atom is 0.237 e. The molecule has 0 fully saturated rings. The first kappa shape index (κ1) is 15.4. The fraction of sp³-hybridized carbons (Fsp3) is 0.917. The van der Waals surface area contributed by atoms with E-state index >= 15 is 0 Å². The number of hydrogen-bond donors (Lipinski definition) is 3. The van der Waals surface area contributed by atoms with Crippen molar-refractivity contribution in [2.24, 2.45) is 11.8 Å². The van der Waals surface area contributed by atoms with Crippen molar-refractivity contribution in [1.82, 2.24) is 16.0 Å². The molecule has 0 heterocycles. The average Bonchev–Trinajstić information content (AvgIpc) is 2.17. The third-order valence-corrected chi connectivity index (χ3v) is 2.82. The summed E-state index contributed by atoms with van der Waals surface area (Å²) in [5.41, 5.74) is 0. The van der Waals surface area contributed by atoms with Gasteiger partial charge < -0.3 is 16.0 Å². The number of amides is 1. The van der Waals surface area contributed by atoms with E-state index in [0.717, 1.165) is 6.54 Å². The first-order valence-electron chi connectivity index (χ1n) is 6.06. The molecule has 0 aliphatic rings. The van der Waals surface area contributed by atoms with E-state index in [1.807, 2.05) is 27.9 Å². The third-order valence-electron chi connectivity index (χ3n) is 2.82. The minimum atomic E-state index is -0.113. The monoisotopic (exact) mass is 229 g/mol. The second-order valence-electron chi connectivity index (χ2n) is 4.93. The fourth-order valence-corrected chi connectivity index (χ4v) is 1.71. The Morgan fingerprint density at radius 3 is 1.94 bits per heavy atom. The summed E-state index contributed by atoms with van der Waals surface area (Å²) in [6.45, 7) is 9.13. The van der Waals surface area contributed by atoms with Gasteiger partial charge in [0.15, 0.2) is 0 Å². The summed E-state index contributed by atoms with van der Waals surface area (Å²) < 4.78 is 0. The lowest BCUT2D eigenvalue weighted by atomic mass is 10.0. The molecule has 0 bridgehead atoms. The van der Waals surface area contributed by atoms with Crippen LogP contribution in [0.5, 0.6) is 0 Å². The van der Waals surface area contributed by atoms with Crippen molar-refractivity contribution < 1.29 is 4.79 Å². The summed E-state index contributed by atoms with van der Waals surface area (Å²) in [6, 6.07) is 0.0743. The normalized spacial score (nSPS) is 15.2. The van der Waals surface area contributed by atoms with Crippen LogP contribution >= 0.6 is 0 Å². The van der Waals surface area contributed by atoms with Crippen LogP contribution in [0.15, 0.2) is 0 Å². The van der Waals surface area contributed by atoms with Crippen LogP contribution in [0.2, 0.25) is 0 Å². The van der Waals surface area contributed by atoms with Crippen molar-refractivity contribution in [3.63, 3.8) is 0 Å². The van der Waals surface area contributed by atoms with Gasteiger partial charge in [0.2, 0.25) is 5.91 Å². The Bertz CT molecular complexity index is 204. The zero-order valence-corrected chi connectivity index (χ0v) is 11.4. The highest BCUT2D eigenvalue weighted by atomic mass is 16.2. The van der Waals surface area contributed by atoms with Crippen LogP contribution in [0.4, 0.5) is 0 Å². The van der Waals surface area contributed by atoms with Gasteiger partial charge >= 0.3 is 0 Å². The van der Waals surface area contributed by atoms with Gasteiger partial charge in [-0.1, -0.05) is 27.7 Å².